The number of phenols is 1. The maximum Gasteiger partial charge on any atom is 0.254 e. The maximum atomic E-state index is 12.2. The fourth-order valence-electron chi connectivity index (χ4n) is 1.53. The van der Waals surface area contributed by atoms with Gasteiger partial charge in [0.05, 0.1) is 16.6 Å². The van der Waals surface area contributed by atoms with Gasteiger partial charge >= 0.3 is 0 Å². The fraction of sp³-hybridized carbons (Fsp3) is 0.333. The molecule has 3 N–H and O–H groups in total. The monoisotopic (exact) mass is 286 g/mol. The van der Waals surface area contributed by atoms with Crippen molar-refractivity contribution in [1.29, 1.82) is 0 Å². The van der Waals surface area contributed by atoms with E-state index in [2.05, 4.69) is 0 Å². The minimum atomic E-state index is -0.202. The first-order chi connectivity index (χ1) is 8.45. The minimum absolute atomic E-state index is 0.0513. The summed E-state index contributed by atoms with van der Waals surface area (Å²) in [6.07, 6.45) is 0.806. The topological polar surface area (TPSA) is 66.6 Å². The van der Waals surface area contributed by atoms with E-state index in [1.807, 2.05) is 6.92 Å². The highest BCUT2D eigenvalue weighted by Gasteiger charge is 2.16. The lowest BCUT2D eigenvalue weighted by Crippen LogP contribution is -2.38. The molecule has 0 fully saturated rings. The molecule has 4 nitrogen and oxygen atoms in total. The number of halogens is 1. The third kappa shape index (κ3) is 3.85. The van der Waals surface area contributed by atoms with E-state index in [1.165, 1.54) is 18.2 Å². The number of phenolic OH excluding ortho intramolecular Hbond substituents is 1. The first kappa shape index (κ1) is 14.7. The quantitative estimate of drug-likeness (QED) is 0.814. The van der Waals surface area contributed by atoms with Crippen LogP contribution in [0.5, 0.6) is 5.75 Å². The van der Waals surface area contributed by atoms with Gasteiger partial charge in [0.2, 0.25) is 0 Å². The van der Waals surface area contributed by atoms with Gasteiger partial charge in [0.1, 0.15) is 5.75 Å². The van der Waals surface area contributed by atoms with Crippen LogP contribution in [-0.4, -0.2) is 34.0 Å². The van der Waals surface area contributed by atoms with E-state index in [9.17, 15) is 9.90 Å². The van der Waals surface area contributed by atoms with E-state index in [0.717, 1.165) is 6.42 Å². The second kappa shape index (κ2) is 6.56. The zero-order valence-electron chi connectivity index (χ0n) is 10.0. The summed E-state index contributed by atoms with van der Waals surface area (Å²) >= 11 is 10.6. The highest BCUT2D eigenvalue weighted by molar-refractivity contribution is 7.80. The van der Waals surface area contributed by atoms with Crippen molar-refractivity contribution in [1.82, 2.24) is 4.90 Å². The molecule has 0 aliphatic carbocycles. The van der Waals surface area contributed by atoms with Crippen LogP contribution < -0.4 is 5.73 Å². The van der Waals surface area contributed by atoms with Crippen LogP contribution >= 0.6 is 23.8 Å². The number of rotatable bonds is 5. The van der Waals surface area contributed by atoms with Crippen LogP contribution in [0.2, 0.25) is 5.02 Å². The zero-order valence-corrected chi connectivity index (χ0v) is 11.6. The van der Waals surface area contributed by atoms with E-state index in [-0.39, 0.29) is 28.2 Å². The summed E-state index contributed by atoms with van der Waals surface area (Å²) in [6, 6.07) is 4.34. The second-order valence-corrected chi connectivity index (χ2v) is 4.79. The molecule has 1 aromatic rings. The number of amides is 1. The summed E-state index contributed by atoms with van der Waals surface area (Å²) in [7, 11) is 0. The van der Waals surface area contributed by atoms with Crippen molar-refractivity contribution in [3.05, 3.63) is 28.8 Å². The Labute approximate surface area is 116 Å². The number of thiocarbonyl (C=S) groups is 1. The molecule has 0 atom stereocenters. The van der Waals surface area contributed by atoms with E-state index in [4.69, 9.17) is 29.6 Å². The molecule has 1 aromatic carbocycles. The van der Waals surface area contributed by atoms with Gasteiger partial charge in [-0.1, -0.05) is 30.7 Å². The molecule has 0 aromatic heterocycles. The molecule has 1 amide bonds. The average molecular weight is 287 g/mol. The molecule has 0 aliphatic heterocycles. The van der Waals surface area contributed by atoms with Gasteiger partial charge in [0.15, 0.2) is 0 Å². The molecule has 18 heavy (non-hydrogen) atoms. The number of benzene rings is 1. The minimum Gasteiger partial charge on any atom is -0.506 e. The van der Waals surface area contributed by atoms with Crippen LogP contribution in [0.4, 0.5) is 0 Å². The second-order valence-electron chi connectivity index (χ2n) is 3.86. The van der Waals surface area contributed by atoms with Gasteiger partial charge in [-0.15, -0.1) is 0 Å². The Balaban J connectivity index is 2.93. The fourth-order valence-corrected chi connectivity index (χ4v) is 1.87. The van der Waals surface area contributed by atoms with Crippen LogP contribution in [0.1, 0.15) is 23.7 Å². The van der Waals surface area contributed by atoms with Crippen LogP contribution in [0.15, 0.2) is 18.2 Å². The normalized spacial score (nSPS) is 10.1. The predicted molar refractivity (Wildman–Crippen MR) is 76.1 cm³/mol. The lowest BCUT2D eigenvalue weighted by atomic mass is 10.2. The van der Waals surface area contributed by atoms with Gasteiger partial charge in [-0.05, 0) is 24.6 Å². The molecule has 98 valence electrons. The van der Waals surface area contributed by atoms with Crippen LogP contribution in [-0.2, 0) is 0 Å². The van der Waals surface area contributed by atoms with Crippen molar-refractivity contribution in [3.8, 4) is 5.75 Å². The van der Waals surface area contributed by atoms with Crippen molar-refractivity contribution in [2.24, 2.45) is 5.73 Å². The Morgan fingerprint density at radius 1 is 1.56 bits per heavy atom. The number of hydrogen-bond acceptors (Lipinski definition) is 3. The van der Waals surface area contributed by atoms with Gasteiger partial charge in [0, 0.05) is 12.1 Å². The van der Waals surface area contributed by atoms with E-state index in [1.54, 1.807) is 4.90 Å². The predicted octanol–water partition coefficient (Wildman–Crippen LogP) is 2.18. The lowest BCUT2D eigenvalue weighted by molar-refractivity contribution is 0.0780. The number of hydrogen-bond donors (Lipinski definition) is 2. The summed E-state index contributed by atoms with van der Waals surface area (Å²) in [5, 5.41) is 9.46. The molecular weight excluding hydrogens is 272 g/mol. The molecule has 0 heterocycles. The number of nitrogens with zero attached hydrogens (tertiary/aromatic N) is 1. The lowest BCUT2D eigenvalue weighted by Gasteiger charge is -2.21. The van der Waals surface area contributed by atoms with Crippen LogP contribution in [0, 0.1) is 0 Å². The average Bonchev–Trinajstić information content (AvgIpc) is 2.31. The molecule has 0 saturated carbocycles. The van der Waals surface area contributed by atoms with Gasteiger partial charge < -0.3 is 15.7 Å². The summed E-state index contributed by atoms with van der Waals surface area (Å²) in [5.74, 6) is -0.254. The molecule has 0 aliphatic rings. The van der Waals surface area contributed by atoms with Crippen molar-refractivity contribution < 1.29 is 9.90 Å². The molecule has 0 radical (unpaired) electrons. The smallest absolute Gasteiger partial charge is 0.254 e. The Hall–Kier alpha value is -1.33. The van der Waals surface area contributed by atoms with Gasteiger partial charge in [-0.3, -0.25) is 4.79 Å². The van der Waals surface area contributed by atoms with Crippen LogP contribution in [0.25, 0.3) is 0 Å². The Bertz CT molecular complexity index is 465. The first-order valence-corrected chi connectivity index (χ1v) is 6.30. The summed E-state index contributed by atoms with van der Waals surface area (Å²) < 4.78 is 0. The molecule has 0 bridgehead atoms. The van der Waals surface area contributed by atoms with E-state index < -0.39 is 0 Å². The Morgan fingerprint density at radius 2 is 2.22 bits per heavy atom. The number of nitrogens with two attached hydrogens (primary N) is 1. The highest BCUT2D eigenvalue weighted by Crippen LogP contribution is 2.24. The molecular formula is C12H15ClN2O2S. The summed E-state index contributed by atoms with van der Waals surface area (Å²) in [4.78, 5) is 14.0. The molecule has 1 rings (SSSR count). The summed E-state index contributed by atoms with van der Waals surface area (Å²) in [5.41, 5.74) is 5.87. The molecule has 0 unspecified atom stereocenters. The molecule has 0 saturated heterocycles. The SMILES string of the molecule is CCCN(CC(N)=S)C(=O)c1ccc(O)c(Cl)c1. The van der Waals surface area contributed by atoms with E-state index in [0.29, 0.717) is 12.1 Å². The zero-order chi connectivity index (χ0) is 13.7. The van der Waals surface area contributed by atoms with Gasteiger partial charge in [-0.2, -0.15) is 0 Å². The van der Waals surface area contributed by atoms with Gasteiger partial charge in [0.25, 0.3) is 5.91 Å². The third-order valence-electron chi connectivity index (χ3n) is 2.32. The molecule has 0 spiro atoms. The number of carbonyl (C=O) groups is 1. The Morgan fingerprint density at radius 3 is 2.72 bits per heavy atom. The van der Waals surface area contributed by atoms with Gasteiger partial charge in [-0.25, -0.2) is 0 Å². The van der Waals surface area contributed by atoms with Crippen molar-refractivity contribution in [2.75, 3.05) is 13.1 Å². The van der Waals surface area contributed by atoms with E-state index >= 15 is 0 Å². The maximum absolute atomic E-state index is 12.2. The number of carbonyl (C=O) groups excluding carboxylic acids is 1. The van der Waals surface area contributed by atoms with Crippen molar-refractivity contribution in [3.63, 3.8) is 0 Å². The van der Waals surface area contributed by atoms with Crippen LogP contribution in [0.3, 0.4) is 0 Å². The standard InChI is InChI=1S/C12H15ClN2O2S/c1-2-5-15(7-11(14)18)12(17)8-3-4-10(16)9(13)6-8/h3-4,6,16H,2,5,7H2,1H3,(H2,14,18). The van der Waals surface area contributed by atoms with Crippen molar-refractivity contribution >= 4 is 34.7 Å². The first-order valence-electron chi connectivity index (χ1n) is 5.51. The van der Waals surface area contributed by atoms with Crippen molar-refractivity contribution in [2.45, 2.75) is 13.3 Å². The largest absolute Gasteiger partial charge is 0.506 e. The highest BCUT2D eigenvalue weighted by atomic mass is 35.5. The number of aromatic hydroxyl groups is 1. The summed E-state index contributed by atoms with van der Waals surface area (Å²) in [6.45, 7) is 2.76. The third-order valence-corrected chi connectivity index (χ3v) is 2.75. The Kier molecular flexibility index (Phi) is 5.37. The molecule has 6 heteroatoms.